The first-order valence-electron chi connectivity index (χ1n) is 7.64. The second-order valence-electron chi connectivity index (χ2n) is 5.96. The fourth-order valence-electron chi connectivity index (χ4n) is 2.35. The van der Waals surface area contributed by atoms with Gasteiger partial charge in [-0.25, -0.2) is 14.5 Å². The Bertz CT molecular complexity index is 736. The van der Waals surface area contributed by atoms with E-state index >= 15 is 0 Å². The molecule has 3 amide bonds. The Morgan fingerprint density at radius 2 is 1.96 bits per heavy atom. The third-order valence-corrected chi connectivity index (χ3v) is 3.49. The largest absolute Gasteiger partial charge is 0.352 e. The van der Waals surface area contributed by atoms with Crippen LogP contribution < -0.4 is 16.4 Å². The lowest BCUT2D eigenvalue weighted by atomic mass is 10.0. The smallest absolute Gasteiger partial charge is 0.312 e. The number of carbonyl (C=O) groups is 2. The van der Waals surface area contributed by atoms with Gasteiger partial charge in [-0.05, 0) is 38.0 Å². The normalized spacial score (nSPS) is 12.0. The summed E-state index contributed by atoms with van der Waals surface area (Å²) in [5, 5.41) is 9.53. The van der Waals surface area contributed by atoms with Gasteiger partial charge in [0.2, 0.25) is 5.91 Å². The van der Waals surface area contributed by atoms with Crippen LogP contribution in [0.4, 0.5) is 10.5 Å². The van der Waals surface area contributed by atoms with E-state index in [0.717, 1.165) is 11.4 Å². The molecule has 24 heavy (non-hydrogen) atoms. The van der Waals surface area contributed by atoms with Gasteiger partial charge < -0.3 is 16.4 Å². The van der Waals surface area contributed by atoms with Crippen molar-refractivity contribution in [3.63, 3.8) is 0 Å². The minimum Gasteiger partial charge on any atom is -0.352 e. The summed E-state index contributed by atoms with van der Waals surface area (Å²) < 4.78 is 1.73. The lowest BCUT2D eigenvalue weighted by molar-refractivity contribution is -0.118. The van der Waals surface area contributed by atoms with E-state index in [0.29, 0.717) is 11.5 Å². The van der Waals surface area contributed by atoms with E-state index in [2.05, 4.69) is 20.7 Å². The maximum atomic E-state index is 12.3. The second kappa shape index (κ2) is 7.12. The molecule has 2 aromatic heterocycles. The molecule has 0 spiro atoms. The number of primary amides is 1. The molecule has 0 aliphatic heterocycles. The molecule has 0 aromatic carbocycles. The standard InChI is InChI=1S/C16H22N6O2/c1-9(2)14(20-16(17)24)15(23)19-12-5-6-13(18-8-12)22-11(4)7-10(3)21-22/h5-9,14H,1-4H3,(H,19,23)(H3,17,20,24)/t14-/m0/s1. The number of pyridine rings is 1. The number of urea groups is 1. The number of aryl methyl sites for hydroxylation is 2. The van der Waals surface area contributed by atoms with Gasteiger partial charge >= 0.3 is 6.03 Å². The van der Waals surface area contributed by atoms with Crippen molar-refractivity contribution in [1.82, 2.24) is 20.1 Å². The number of aromatic nitrogens is 3. The Kier molecular flexibility index (Phi) is 5.18. The summed E-state index contributed by atoms with van der Waals surface area (Å²) in [6.45, 7) is 7.50. The molecule has 0 aliphatic carbocycles. The van der Waals surface area contributed by atoms with Gasteiger partial charge in [-0.3, -0.25) is 4.79 Å². The van der Waals surface area contributed by atoms with Crippen molar-refractivity contribution in [3.8, 4) is 5.82 Å². The highest BCUT2D eigenvalue weighted by atomic mass is 16.2. The predicted molar refractivity (Wildman–Crippen MR) is 90.8 cm³/mol. The number of nitrogens with two attached hydrogens (primary N) is 1. The molecule has 8 nitrogen and oxygen atoms in total. The fourth-order valence-corrected chi connectivity index (χ4v) is 2.35. The van der Waals surface area contributed by atoms with Crippen LogP contribution in [0.25, 0.3) is 5.82 Å². The molecule has 0 saturated heterocycles. The molecule has 0 unspecified atom stereocenters. The quantitative estimate of drug-likeness (QED) is 0.771. The van der Waals surface area contributed by atoms with Crippen molar-refractivity contribution in [2.45, 2.75) is 33.7 Å². The lowest BCUT2D eigenvalue weighted by Gasteiger charge is -2.20. The van der Waals surface area contributed by atoms with Crippen LogP contribution in [0.3, 0.4) is 0 Å². The Morgan fingerprint density at radius 3 is 2.42 bits per heavy atom. The van der Waals surface area contributed by atoms with Crippen LogP contribution in [0.5, 0.6) is 0 Å². The maximum absolute atomic E-state index is 12.3. The van der Waals surface area contributed by atoms with E-state index in [1.807, 2.05) is 33.8 Å². The number of carbonyl (C=O) groups excluding carboxylic acids is 2. The number of hydrogen-bond donors (Lipinski definition) is 3. The molecule has 128 valence electrons. The Balaban J connectivity index is 2.12. The first kappa shape index (κ1) is 17.5. The zero-order valence-corrected chi connectivity index (χ0v) is 14.2. The molecule has 1 atom stereocenters. The van der Waals surface area contributed by atoms with Crippen LogP contribution >= 0.6 is 0 Å². The van der Waals surface area contributed by atoms with Crippen LogP contribution in [-0.2, 0) is 4.79 Å². The molecule has 4 N–H and O–H groups in total. The molecular formula is C16H22N6O2. The summed E-state index contributed by atoms with van der Waals surface area (Å²) in [6.07, 6.45) is 1.55. The molecule has 2 heterocycles. The van der Waals surface area contributed by atoms with Crippen LogP contribution in [0, 0.1) is 19.8 Å². The molecule has 0 fully saturated rings. The zero-order chi connectivity index (χ0) is 17.9. The number of rotatable bonds is 5. The first-order valence-corrected chi connectivity index (χ1v) is 7.64. The highest BCUT2D eigenvalue weighted by Crippen LogP contribution is 2.13. The number of anilines is 1. The van der Waals surface area contributed by atoms with Crippen LogP contribution in [-0.4, -0.2) is 32.7 Å². The molecule has 8 heteroatoms. The van der Waals surface area contributed by atoms with Gasteiger partial charge in [0.1, 0.15) is 6.04 Å². The van der Waals surface area contributed by atoms with E-state index in [9.17, 15) is 9.59 Å². The van der Waals surface area contributed by atoms with E-state index in [1.54, 1.807) is 23.0 Å². The van der Waals surface area contributed by atoms with Gasteiger partial charge in [0.25, 0.3) is 0 Å². The van der Waals surface area contributed by atoms with Gasteiger partial charge in [-0.15, -0.1) is 0 Å². The van der Waals surface area contributed by atoms with E-state index in [-0.39, 0.29) is 11.8 Å². The molecule has 0 radical (unpaired) electrons. The van der Waals surface area contributed by atoms with Gasteiger partial charge in [0, 0.05) is 5.69 Å². The van der Waals surface area contributed by atoms with Gasteiger partial charge in [-0.1, -0.05) is 13.8 Å². The Hall–Kier alpha value is -2.90. The summed E-state index contributed by atoms with van der Waals surface area (Å²) in [7, 11) is 0. The highest BCUT2D eigenvalue weighted by molar-refractivity contribution is 5.96. The Labute approximate surface area is 140 Å². The first-order chi connectivity index (χ1) is 11.3. The van der Waals surface area contributed by atoms with Crippen molar-refractivity contribution < 1.29 is 9.59 Å². The molecule has 2 aromatic rings. The minimum absolute atomic E-state index is 0.0977. The summed E-state index contributed by atoms with van der Waals surface area (Å²) in [4.78, 5) is 27.6. The van der Waals surface area contributed by atoms with Crippen molar-refractivity contribution in [2.75, 3.05) is 5.32 Å². The van der Waals surface area contributed by atoms with Crippen LogP contribution in [0.1, 0.15) is 25.2 Å². The van der Waals surface area contributed by atoms with E-state index < -0.39 is 12.1 Å². The third kappa shape index (κ3) is 4.09. The highest BCUT2D eigenvalue weighted by Gasteiger charge is 2.23. The molecular weight excluding hydrogens is 308 g/mol. The minimum atomic E-state index is -0.734. The van der Waals surface area contributed by atoms with Gasteiger partial charge in [0.15, 0.2) is 5.82 Å². The number of nitrogens with zero attached hydrogens (tertiary/aromatic N) is 3. The molecule has 0 saturated carbocycles. The van der Waals surface area contributed by atoms with Crippen molar-refractivity contribution in [2.24, 2.45) is 11.7 Å². The number of amides is 3. The summed E-state index contributed by atoms with van der Waals surface area (Å²) in [5.41, 5.74) is 7.52. The average molecular weight is 330 g/mol. The number of hydrogen-bond acceptors (Lipinski definition) is 4. The van der Waals surface area contributed by atoms with Crippen LogP contribution in [0.2, 0.25) is 0 Å². The summed E-state index contributed by atoms with van der Waals surface area (Å²) in [5.74, 6) is 0.221. The molecule has 0 bridgehead atoms. The second-order valence-corrected chi connectivity index (χ2v) is 5.96. The van der Waals surface area contributed by atoms with E-state index in [1.165, 1.54) is 0 Å². The average Bonchev–Trinajstić information content (AvgIpc) is 2.83. The van der Waals surface area contributed by atoms with E-state index in [4.69, 9.17) is 5.73 Å². The van der Waals surface area contributed by atoms with Gasteiger partial charge in [-0.2, -0.15) is 5.10 Å². The summed E-state index contributed by atoms with van der Waals surface area (Å²) in [6, 6.07) is 4.01. The SMILES string of the molecule is Cc1cc(C)n(-c2ccc(NC(=O)[C@@H](NC(N)=O)C(C)C)cn2)n1. The monoisotopic (exact) mass is 330 g/mol. The maximum Gasteiger partial charge on any atom is 0.312 e. The summed E-state index contributed by atoms with van der Waals surface area (Å²) >= 11 is 0. The van der Waals surface area contributed by atoms with Crippen molar-refractivity contribution in [1.29, 1.82) is 0 Å². The van der Waals surface area contributed by atoms with Crippen molar-refractivity contribution >= 4 is 17.6 Å². The third-order valence-electron chi connectivity index (χ3n) is 3.49. The zero-order valence-electron chi connectivity index (χ0n) is 14.2. The van der Waals surface area contributed by atoms with Gasteiger partial charge in [0.05, 0.1) is 17.6 Å². The predicted octanol–water partition coefficient (Wildman–Crippen LogP) is 1.52. The topological polar surface area (TPSA) is 115 Å². The van der Waals surface area contributed by atoms with Crippen molar-refractivity contribution in [3.05, 3.63) is 35.8 Å². The fraction of sp³-hybridized carbons (Fsp3) is 0.375. The molecule has 0 aliphatic rings. The number of nitrogens with one attached hydrogen (secondary N) is 2. The Morgan fingerprint density at radius 1 is 1.25 bits per heavy atom. The molecule has 2 rings (SSSR count). The van der Waals surface area contributed by atoms with Crippen LogP contribution in [0.15, 0.2) is 24.4 Å². The lowest BCUT2D eigenvalue weighted by Crippen LogP contribution is -2.49.